The van der Waals surface area contributed by atoms with Crippen molar-refractivity contribution in [2.75, 3.05) is 5.32 Å². The molecule has 25 heavy (non-hydrogen) atoms. The maximum Gasteiger partial charge on any atom is 0.240 e. The number of thioether (sulfide) groups is 1. The molecular weight excluding hydrogens is 380 g/mol. The molecule has 128 valence electrons. The van der Waals surface area contributed by atoms with Crippen molar-refractivity contribution < 1.29 is 9.59 Å². The number of benzene rings is 1. The highest BCUT2D eigenvalue weighted by molar-refractivity contribution is 8.15. The molecule has 1 aromatic carbocycles. The van der Waals surface area contributed by atoms with Crippen LogP contribution in [0.5, 0.6) is 0 Å². The molecule has 1 unspecified atom stereocenters. The summed E-state index contributed by atoms with van der Waals surface area (Å²) in [6, 6.07) is 10.6. The second kappa shape index (κ2) is 8.28. The van der Waals surface area contributed by atoms with Gasteiger partial charge in [-0.1, -0.05) is 29.4 Å². The van der Waals surface area contributed by atoms with Crippen LogP contribution in [-0.2, 0) is 9.59 Å². The lowest BCUT2D eigenvalue weighted by molar-refractivity contribution is -0.122. The van der Waals surface area contributed by atoms with Gasteiger partial charge in [-0.3, -0.25) is 9.59 Å². The largest absolute Gasteiger partial charge is 0.326 e. The normalized spacial score (nSPS) is 18.7. The minimum Gasteiger partial charge on any atom is -0.326 e. The van der Waals surface area contributed by atoms with Crippen LogP contribution in [0.15, 0.2) is 52.0 Å². The Hall–Kier alpha value is -2.16. The van der Waals surface area contributed by atoms with E-state index in [1.165, 1.54) is 11.8 Å². The second-order valence-electron chi connectivity index (χ2n) is 5.02. The molecule has 1 saturated heterocycles. The van der Waals surface area contributed by atoms with Crippen molar-refractivity contribution in [3.63, 3.8) is 0 Å². The van der Waals surface area contributed by atoms with Crippen LogP contribution >= 0.6 is 34.7 Å². The minimum absolute atomic E-state index is 0.0484. The first-order chi connectivity index (χ1) is 12.1. The topological polar surface area (TPSA) is 82.9 Å². The zero-order valence-electron chi connectivity index (χ0n) is 12.8. The van der Waals surface area contributed by atoms with Crippen LogP contribution in [0.3, 0.4) is 0 Å². The molecule has 1 aliphatic heterocycles. The summed E-state index contributed by atoms with van der Waals surface area (Å²) in [4.78, 5) is 25.0. The van der Waals surface area contributed by atoms with Crippen molar-refractivity contribution in [3.8, 4) is 0 Å². The molecule has 0 saturated carbocycles. The van der Waals surface area contributed by atoms with Crippen LogP contribution < -0.4 is 10.6 Å². The average Bonchev–Trinajstić information content (AvgIpc) is 3.20. The van der Waals surface area contributed by atoms with Gasteiger partial charge in [0.05, 0.1) is 6.21 Å². The molecule has 1 fully saturated rings. The van der Waals surface area contributed by atoms with Gasteiger partial charge in [-0.25, -0.2) is 0 Å². The Morgan fingerprint density at radius 2 is 2.12 bits per heavy atom. The molecule has 0 aliphatic carbocycles. The SMILES string of the molecule is O=C(CC1S/C(=N/N=C\c2cccs2)NC1=O)Nc1ccc(Cl)cc1. The van der Waals surface area contributed by atoms with E-state index in [4.69, 9.17) is 11.6 Å². The molecule has 1 aliphatic rings. The van der Waals surface area contributed by atoms with Gasteiger partial charge in [0.25, 0.3) is 0 Å². The van der Waals surface area contributed by atoms with Crippen molar-refractivity contribution in [2.45, 2.75) is 11.7 Å². The van der Waals surface area contributed by atoms with E-state index in [1.54, 1.807) is 41.8 Å². The van der Waals surface area contributed by atoms with E-state index < -0.39 is 5.25 Å². The maximum atomic E-state index is 12.1. The van der Waals surface area contributed by atoms with E-state index in [-0.39, 0.29) is 18.2 Å². The van der Waals surface area contributed by atoms with Gasteiger partial charge in [-0.2, -0.15) is 5.10 Å². The minimum atomic E-state index is -0.525. The molecule has 9 heteroatoms. The standard InChI is InChI=1S/C16H13ClN4O2S2/c17-10-3-5-11(6-4-10)19-14(22)8-13-15(23)20-16(25-13)21-18-9-12-2-1-7-24-12/h1-7,9,13H,8H2,(H,19,22)(H,20,21,23)/b18-9-. The fraction of sp³-hybridized carbons (Fsp3) is 0.125. The Morgan fingerprint density at radius 1 is 1.32 bits per heavy atom. The molecule has 3 rings (SSSR count). The van der Waals surface area contributed by atoms with Crippen LogP contribution in [0, 0.1) is 0 Å². The fourth-order valence-electron chi connectivity index (χ4n) is 2.00. The van der Waals surface area contributed by atoms with E-state index in [2.05, 4.69) is 20.8 Å². The molecule has 2 N–H and O–H groups in total. The average molecular weight is 393 g/mol. The van der Waals surface area contributed by atoms with E-state index in [0.29, 0.717) is 15.9 Å². The number of carbonyl (C=O) groups excluding carboxylic acids is 2. The number of thiophene rings is 1. The molecule has 6 nitrogen and oxygen atoms in total. The summed E-state index contributed by atoms with van der Waals surface area (Å²) in [5.41, 5.74) is 0.632. The molecule has 2 amide bonds. The van der Waals surface area contributed by atoms with Crippen molar-refractivity contribution in [3.05, 3.63) is 51.7 Å². The van der Waals surface area contributed by atoms with Gasteiger partial charge in [0, 0.05) is 22.0 Å². The predicted octanol–water partition coefficient (Wildman–Crippen LogP) is 3.35. The van der Waals surface area contributed by atoms with Crippen LogP contribution in [0.25, 0.3) is 0 Å². The van der Waals surface area contributed by atoms with Gasteiger partial charge in [0.1, 0.15) is 5.25 Å². The summed E-state index contributed by atoms with van der Waals surface area (Å²) in [7, 11) is 0. The first kappa shape index (κ1) is 17.7. The van der Waals surface area contributed by atoms with Crippen LogP contribution in [0.1, 0.15) is 11.3 Å². The summed E-state index contributed by atoms with van der Waals surface area (Å²) in [6.07, 6.45) is 1.66. The fourth-order valence-corrected chi connectivity index (χ4v) is 3.63. The Bertz CT molecular complexity index is 819. The first-order valence-corrected chi connectivity index (χ1v) is 9.41. The Morgan fingerprint density at radius 3 is 2.84 bits per heavy atom. The number of nitrogens with one attached hydrogen (secondary N) is 2. The summed E-state index contributed by atoms with van der Waals surface area (Å²) in [5, 5.41) is 15.7. The predicted molar refractivity (Wildman–Crippen MR) is 104 cm³/mol. The first-order valence-electron chi connectivity index (χ1n) is 7.27. The molecular formula is C16H13ClN4O2S2. The van der Waals surface area contributed by atoms with Gasteiger partial charge in [-0.15, -0.1) is 16.4 Å². The molecule has 0 radical (unpaired) electrons. The number of rotatable bonds is 5. The molecule has 1 aromatic heterocycles. The van der Waals surface area contributed by atoms with Gasteiger partial charge < -0.3 is 10.6 Å². The van der Waals surface area contributed by atoms with E-state index in [0.717, 1.165) is 4.88 Å². The monoisotopic (exact) mass is 392 g/mol. The number of hydrogen-bond donors (Lipinski definition) is 2. The summed E-state index contributed by atoms with van der Waals surface area (Å²) >= 11 is 8.54. The lowest BCUT2D eigenvalue weighted by Gasteiger charge is -2.07. The number of amidine groups is 1. The zero-order valence-corrected chi connectivity index (χ0v) is 15.2. The molecule has 1 atom stereocenters. The smallest absolute Gasteiger partial charge is 0.240 e. The lowest BCUT2D eigenvalue weighted by atomic mass is 10.2. The number of amides is 2. The van der Waals surface area contributed by atoms with E-state index >= 15 is 0 Å². The number of halogens is 1. The summed E-state index contributed by atoms with van der Waals surface area (Å²) < 4.78 is 0. The molecule has 0 bridgehead atoms. The Kier molecular flexibility index (Phi) is 5.85. The van der Waals surface area contributed by atoms with Crippen molar-refractivity contribution in [1.82, 2.24) is 5.32 Å². The van der Waals surface area contributed by atoms with Gasteiger partial charge in [-0.05, 0) is 35.7 Å². The van der Waals surface area contributed by atoms with Gasteiger partial charge in [0.2, 0.25) is 11.8 Å². The van der Waals surface area contributed by atoms with Crippen LogP contribution in [0.2, 0.25) is 5.02 Å². The lowest BCUT2D eigenvalue weighted by Crippen LogP contribution is -2.28. The summed E-state index contributed by atoms with van der Waals surface area (Å²) in [6.45, 7) is 0. The van der Waals surface area contributed by atoms with Crippen molar-refractivity contribution in [2.24, 2.45) is 10.2 Å². The molecule has 0 spiro atoms. The number of nitrogens with zero attached hydrogens (tertiary/aromatic N) is 2. The highest BCUT2D eigenvalue weighted by atomic mass is 35.5. The number of carbonyl (C=O) groups is 2. The Labute approximate surface area is 157 Å². The summed E-state index contributed by atoms with van der Waals surface area (Å²) in [5.74, 6) is -0.500. The van der Waals surface area contributed by atoms with Crippen molar-refractivity contribution in [1.29, 1.82) is 0 Å². The number of anilines is 1. The van der Waals surface area contributed by atoms with Gasteiger partial charge in [0.15, 0.2) is 5.17 Å². The third kappa shape index (κ3) is 5.15. The zero-order chi connectivity index (χ0) is 17.6. The third-order valence-corrected chi connectivity index (χ3v) is 5.28. The van der Waals surface area contributed by atoms with Crippen LogP contribution in [0.4, 0.5) is 5.69 Å². The molecule has 2 aromatic rings. The highest BCUT2D eigenvalue weighted by Crippen LogP contribution is 2.23. The van der Waals surface area contributed by atoms with Crippen molar-refractivity contribution >= 4 is 63.6 Å². The second-order valence-corrected chi connectivity index (χ2v) is 7.63. The maximum absolute atomic E-state index is 12.1. The number of hydrogen-bond acceptors (Lipinski definition) is 6. The third-order valence-electron chi connectivity index (χ3n) is 3.15. The Balaban J connectivity index is 1.53. The van der Waals surface area contributed by atoms with Gasteiger partial charge >= 0.3 is 0 Å². The van der Waals surface area contributed by atoms with E-state index in [1.807, 2.05) is 17.5 Å². The highest BCUT2D eigenvalue weighted by Gasteiger charge is 2.32. The quantitative estimate of drug-likeness (QED) is 0.604. The van der Waals surface area contributed by atoms with E-state index in [9.17, 15) is 9.59 Å². The molecule has 2 heterocycles. The van der Waals surface area contributed by atoms with Crippen LogP contribution in [-0.4, -0.2) is 28.4 Å².